The molecule has 0 unspecified atom stereocenters. The maximum absolute atomic E-state index is 12.4. The zero-order chi connectivity index (χ0) is 14.9. The van der Waals surface area contributed by atoms with Crippen LogP contribution < -0.4 is 15.8 Å². The SMILES string of the molecule is CNC1=C(C=N)c2cc(N)c(OC)cc2C(=O)N(C)C1. The summed E-state index contributed by atoms with van der Waals surface area (Å²) in [6.07, 6.45) is 1.24. The number of nitrogens with one attached hydrogen (secondary N) is 2. The van der Waals surface area contributed by atoms with Crippen molar-refractivity contribution >= 4 is 23.4 Å². The number of hydrogen-bond donors (Lipinski definition) is 3. The molecule has 1 amide bonds. The van der Waals surface area contributed by atoms with Gasteiger partial charge in [-0.1, -0.05) is 0 Å². The molecule has 1 aliphatic heterocycles. The molecule has 0 fully saturated rings. The minimum Gasteiger partial charge on any atom is -0.495 e. The average Bonchev–Trinajstić information content (AvgIpc) is 2.54. The number of methoxy groups -OCH3 is 1. The molecule has 0 atom stereocenters. The van der Waals surface area contributed by atoms with Gasteiger partial charge in [0.2, 0.25) is 0 Å². The van der Waals surface area contributed by atoms with E-state index >= 15 is 0 Å². The number of carbonyl (C=O) groups is 1. The highest BCUT2D eigenvalue weighted by Gasteiger charge is 2.26. The van der Waals surface area contributed by atoms with Crippen LogP contribution in [-0.4, -0.2) is 44.8 Å². The Kier molecular flexibility index (Phi) is 3.65. The number of rotatable bonds is 3. The molecule has 2 rings (SSSR count). The summed E-state index contributed by atoms with van der Waals surface area (Å²) in [5.41, 5.74) is 8.97. The molecule has 6 nitrogen and oxygen atoms in total. The van der Waals surface area contributed by atoms with Gasteiger partial charge in [-0.25, -0.2) is 0 Å². The molecule has 4 N–H and O–H groups in total. The van der Waals surface area contributed by atoms with Gasteiger partial charge in [-0.05, 0) is 12.1 Å². The average molecular weight is 274 g/mol. The van der Waals surface area contributed by atoms with E-state index in [4.69, 9.17) is 15.9 Å². The van der Waals surface area contributed by atoms with Gasteiger partial charge in [-0.2, -0.15) is 0 Å². The van der Waals surface area contributed by atoms with Crippen molar-refractivity contribution in [2.24, 2.45) is 0 Å². The Morgan fingerprint density at radius 1 is 1.45 bits per heavy atom. The van der Waals surface area contributed by atoms with Gasteiger partial charge in [0.1, 0.15) is 5.75 Å². The van der Waals surface area contributed by atoms with Crippen molar-refractivity contribution in [2.75, 3.05) is 33.5 Å². The van der Waals surface area contributed by atoms with E-state index in [0.29, 0.717) is 34.7 Å². The highest BCUT2D eigenvalue weighted by molar-refractivity contribution is 6.15. The number of likely N-dealkylation sites (N-methyl/N-ethyl adjacent to an activating group) is 2. The topological polar surface area (TPSA) is 91.4 Å². The lowest BCUT2D eigenvalue weighted by molar-refractivity contribution is 0.0807. The first-order valence-electron chi connectivity index (χ1n) is 6.18. The van der Waals surface area contributed by atoms with E-state index in [1.807, 2.05) is 0 Å². The number of nitrogen functional groups attached to an aromatic ring is 1. The molecule has 1 heterocycles. The normalized spacial score (nSPS) is 14.8. The molecule has 6 heteroatoms. The fourth-order valence-corrected chi connectivity index (χ4v) is 2.31. The number of allylic oxidation sites excluding steroid dienone is 1. The lowest BCUT2D eigenvalue weighted by atomic mass is 9.98. The second-order valence-electron chi connectivity index (χ2n) is 4.59. The summed E-state index contributed by atoms with van der Waals surface area (Å²) in [6, 6.07) is 3.31. The number of nitrogens with two attached hydrogens (primary N) is 1. The molecule has 0 aliphatic carbocycles. The molecular formula is C14H18N4O2. The van der Waals surface area contributed by atoms with Gasteiger partial charge in [-0.15, -0.1) is 0 Å². The number of anilines is 1. The fraction of sp³-hybridized carbons (Fsp3) is 0.286. The van der Waals surface area contributed by atoms with Crippen LogP contribution in [0.15, 0.2) is 17.8 Å². The summed E-state index contributed by atoms with van der Waals surface area (Å²) in [6.45, 7) is 0.414. The number of fused-ring (bicyclic) bond motifs is 1. The fourth-order valence-electron chi connectivity index (χ4n) is 2.31. The van der Waals surface area contributed by atoms with E-state index in [9.17, 15) is 4.79 Å². The second kappa shape index (κ2) is 5.24. The van der Waals surface area contributed by atoms with E-state index in [1.165, 1.54) is 13.3 Å². The summed E-state index contributed by atoms with van der Waals surface area (Å²) >= 11 is 0. The van der Waals surface area contributed by atoms with Crippen molar-refractivity contribution in [3.8, 4) is 5.75 Å². The molecule has 1 aliphatic rings. The summed E-state index contributed by atoms with van der Waals surface area (Å²) < 4.78 is 5.17. The van der Waals surface area contributed by atoms with Crippen LogP contribution in [0.25, 0.3) is 5.57 Å². The number of hydrogen-bond acceptors (Lipinski definition) is 5. The zero-order valence-electron chi connectivity index (χ0n) is 11.8. The summed E-state index contributed by atoms with van der Waals surface area (Å²) in [4.78, 5) is 14.0. The van der Waals surface area contributed by atoms with Gasteiger partial charge in [0.25, 0.3) is 5.91 Å². The molecule has 0 aromatic heterocycles. The first-order valence-corrected chi connectivity index (χ1v) is 6.18. The molecule has 0 radical (unpaired) electrons. The molecule has 0 saturated carbocycles. The molecule has 0 saturated heterocycles. The Hall–Kier alpha value is -2.50. The lowest BCUT2D eigenvalue weighted by Gasteiger charge is -2.17. The smallest absolute Gasteiger partial charge is 0.254 e. The predicted molar refractivity (Wildman–Crippen MR) is 79.1 cm³/mol. The zero-order valence-corrected chi connectivity index (χ0v) is 11.8. The van der Waals surface area contributed by atoms with Crippen LogP contribution in [0.4, 0.5) is 5.69 Å². The Labute approximate surface area is 117 Å². The maximum Gasteiger partial charge on any atom is 0.254 e. The summed E-state index contributed by atoms with van der Waals surface area (Å²) in [5, 5.41) is 10.7. The van der Waals surface area contributed by atoms with Gasteiger partial charge < -0.3 is 26.1 Å². The number of nitrogens with zero attached hydrogens (tertiary/aromatic N) is 1. The van der Waals surface area contributed by atoms with Crippen LogP contribution in [0.5, 0.6) is 5.75 Å². The number of benzene rings is 1. The van der Waals surface area contributed by atoms with E-state index < -0.39 is 0 Å². The molecule has 0 spiro atoms. The Balaban J connectivity index is 2.77. The standard InChI is InChI=1S/C14H18N4O2/c1-17-12-7-18(2)14(19)9-5-13(20-3)11(16)4-8(9)10(12)6-15/h4-6,15,17H,7,16H2,1-3H3. The van der Waals surface area contributed by atoms with Crippen molar-refractivity contribution < 1.29 is 9.53 Å². The maximum atomic E-state index is 12.4. The Morgan fingerprint density at radius 2 is 2.15 bits per heavy atom. The van der Waals surface area contributed by atoms with Crippen molar-refractivity contribution in [1.29, 1.82) is 5.41 Å². The Morgan fingerprint density at radius 3 is 2.70 bits per heavy atom. The molecule has 106 valence electrons. The largest absolute Gasteiger partial charge is 0.495 e. The van der Waals surface area contributed by atoms with E-state index in [-0.39, 0.29) is 5.91 Å². The van der Waals surface area contributed by atoms with E-state index in [0.717, 1.165) is 5.70 Å². The molecule has 1 aromatic carbocycles. The van der Waals surface area contributed by atoms with Crippen LogP contribution in [0.1, 0.15) is 15.9 Å². The Bertz CT molecular complexity index is 607. The van der Waals surface area contributed by atoms with Gasteiger partial charge in [0.05, 0.1) is 24.9 Å². The van der Waals surface area contributed by atoms with Crippen molar-refractivity contribution in [2.45, 2.75) is 0 Å². The van der Waals surface area contributed by atoms with Gasteiger partial charge >= 0.3 is 0 Å². The minimum absolute atomic E-state index is 0.122. The number of carbonyl (C=O) groups excluding carboxylic acids is 1. The van der Waals surface area contributed by atoms with Crippen LogP contribution in [0.3, 0.4) is 0 Å². The summed E-state index contributed by atoms with van der Waals surface area (Å²) in [5.74, 6) is 0.339. The third-order valence-corrected chi connectivity index (χ3v) is 3.40. The first kappa shape index (κ1) is 13.9. The van der Waals surface area contributed by atoms with Crippen molar-refractivity contribution in [3.63, 3.8) is 0 Å². The molecule has 0 bridgehead atoms. The molecule has 1 aromatic rings. The highest BCUT2D eigenvalue weighted by atomic mass is 16.5. The van der Waals surface area contributed by atoms with Gasteiger partial charge in [0.15, 0.2) is 0 Å². The monoisotopic (exact) mass is 274 g/mol. The van der Waals surface area contributed by atoms with Crippen molar-refractivity contribution in [3.05, 3.63) is 29.0 Å². The highest BCUT2D eigenvalue weighted by Crippen LogP contribution is 2.32. The summed E-state index contributed by atoms with van der Waals surface area (Å²) in [7, 11) is 5.00. The lowest BCUT2D eigenvalue weighted by Crippen LogP contribution is -2.30. The third kappa shape index (κ3) is 2.09. The van der Waals surface area contributed by atoms with Crippen LogP contribution in [0.2, 0.25) is 0 Å². The molecule has 20 heavy (non-hydrogen) atoms. The predicted octanol–water partition coefficient (Wildman–Crippen LogP) is 0.943. The van der Waals surface area contributed by atoms with Crippen molar-refractivity contribution in [1.82, 2.24) is 10.2 Å². The molecular weight excluding hydrogens is 256 g/mol. The van der Waals surface area contributed by atoms with Gasteiger partial charge in [0, 0.05) is 37.1 Å². The third-order valence-electron chi connectivity index (χ3n) is 3.40. The first-order chi connectivity index (χ1) is 9.53. The van der Waals surface area contributed by atoms with Crippen LogP contribution in [-0.2, 0) is 0 Å². The van der Waals surface area contributed by atoms with Crippen LogP contribution in [0, 0.1) is 5.41 Å². The minimum atomic E-state index is -0.122. The number of amides is 1. The number of ether oxygens (including phenoxy) is 1. The van der Waals surface area contributed by atoms with Crippen LogP contribution >= 0.6 is 0 Å². The quantitative estimate of drug-likeness (QED) is 0.565. The van der Waals surface area contributed by atoms with Gasteiger partial charge in [-0.3, -0.25) is 4.79 Å². The van der Waals surface area contributed by atoms with E-state index in [1.54, 1.807) is 31.1 Å². The van der Waals surface area contributed by atoms with E-state index in [2.05, 4.69) is 5.32 Å². The second-order valence-corrected chi connectivity index (χ2v) is 4.59.